The molecule has 0 aliphatic heterocycles. The lowest BCUT2D eigenvalue weighted by atomic mass is 10.3. The van der Waals surface area contributed by atoms with E-state index in [1.807, 2.05) is 13.1 Å². The second kappa shape index (κ2) is 3.37. The number of hydrogen-bond donors (Lipinski definition) is 1. The van der Waals surface area contributed by atoms with Crippen molar-refractivity contribution in [2.75, 3.05) is 0 Å². The van der Waals surface area contributed by atoms with E-state index in [2.05, 4.69) is 13.8 Å². The molecule has 2 heteroatoms. The van der Waals surface area contributed by atoms with Crippen molar-refractivity contribution in [3.8, 4) is 0 Å². The predicted octanol–water partition coefficient (Wildman–Crippen LogP) is 2.37. The van der Waals surface area contributed by atoms with Gasteiger partial charge in [-0.05, 0) is 18.6 Å². The summed E-state index contributed by atoms with van der Waals surface area (Å²) in [5.41, 5.74) is 0.558. The Labute approximate surface area is 59.2 Å². The maximum atomic E-state index is 9.56. The van der Waals surface area contributed by atoms with E-state index in [0.717, 1.165) is 0 Å². The third-order valence-corrected chi connectivity index (χ3v) is 4.63. The van der Waals surface area contributed by atoms with Crippen LogP contribution in [0.1, 0.15) is 26.7 Å². The number of hydrogen-bond acceptors (Lipinski definition) is 1. The van der Waals surface area contributed by atoms with Crippen LogP contribution in [0.2, 0.25) is 18.6 Å². The van der Waals surface area contributed by atoms with Crippen molar-refractivity contribution in [3.63, 3.8) is 0 Å². The minimum Gasteiger partial charge on any atom is -0.432 e. The largest absolute Gasteiger partial charge is 0.432 e. The number of rotatable bonds is 3. The van der Waals surface area contributed by atoms with Crippen LogP contribution in [0.3, 0.4) is 0 Å². The van der Waals surface area contributed by atoms with Crippen molar-refractivity contribution in [1.29, 1.82) is 0 Å². The summed E-state index contributed by atoms with van der Waals surface area (Å²) in [6.07, 6.45) is 2.37. The van der Waals surface area contributed by atoms with Gasteiger partial charge in [0.05, 0.1) is 0 Å². The molecule has 0 amide bonds. The van der Waals surface area contributed by atoms with Crippen LogP contribution >= 0.6 is 0 Å². The summed E-state index contributed by atoms with van der Waals surface area (Å²) in [6, 6.07) is 0. The van der Waals surface area contributed by atoms with Gasteiger partial charge in [-0.1, -0.05) is 26.7 Å². The van der Waals surface area contributed by atoms with Gasteiger partial charge in [0.25, 0.3) is 0 Å². The minimum absolute atomic E-state index is 0.558. The molecule has 0 bridgehead atoms. The molecule has 1 nitrogen and oxygen atoms in total. The zero-order chi connectivity index (χ0) is 7.49. The van der Waals surface area contributed by atoms with Gasteiger partial charge in [0.1, 0.15) is 0 Å². The van der Waals surface area contributed by atoms with Gasteiger partial charge in [-0.15, -0.1) is 0 Å². The molecule has 1 unspecified atom stereocenters. The van der Waals surface area contributed by atoms with Crippen LogP contribution in [0.4, 0.5) is 0 Å². The van der Waals surface area contributed by atoms with E-state index < -0.39 is 8.32 Å². The van der Waals surface area contributed by atoms with E-state index in [0.29, 0.717) is 5.54 Å². The lowest BCUT2D eigenvalue weighted by Crippen LogP contribution is -2.30. The molecule has 0 spiro atoms. The monoisotopic (exact) mass is 146 g/mol. The van der Waals surface area contributed by atoms with Crippen LogP contribution in [0.25, 0.3) is 0 Å². The van der Waals surface area contributed by atoms with Crippen LogP contribution < -0.4 is 0 Å². The molecule has 0 radical (unpaired) electrons. The third kappa shape index (κ3) is 3.70. The van der Waals surface area contributed by atoms with E-state index in [1.165, 1.54) is 12.8 Å². The van der Waals surface area contributed by atoms with E-state index in [9.17, 15) is 4.80 Å². The Hall–Kier alpha value is 0.177. The SMILES string of the molecule is CCCC(C)[Si](C)(C)O. The quantitative estimate of drug-likeness (QED) is 0.606. The summed E-state index contributed by atoms with van der Waals surface area (Å²) in [4.78, 5) is 9.56. The lowest BCUT2D eigenvalue weighted by Gasteiger charge is -2.21. The highest BCUT2D eigenvalue weighted by Crippen LogP contribution is 2.22. The Kier molecular flexibility index (Phi) is 3.44. The molecule has 0 fully saturated rings. The van der Waals surface area contributed by atoms with Crippen molar-refractivity contribution in [2.45, 2.75) is 45.3 Å². The second-order valence-electron chi connectivity index (χ2n) is 3.34. The van der Waals surface area contributed by atoms with Crippen molar-refractivity contribution in [1.82, 2.24) is 0 Å². The second-order valence-corrected chi connectivity index (χ2v) is 7.64. The molecule has 0 aromatic carbocycles. The van der Waals surface area contributed by atoms with E-state index in [-0.39, 0.29) is 0 Å². The first-order chi connectivity index (χ1) is 3.98. The first-order valence-electron chi connectivity index (χ1n) is 3.70. The summed E-state index contributed by atoms with van der Waals surface area (Å²) in [5.74, 6) is 0. The van der Waals surface area contributed by atoms with Gasteiger partial charge in [0, 0.05) is 0 Å². The fourth-order valence-electron chi connectivity index (χ4n) is 0.786. The lowest BCUT2D eigenvalue weighted by molar-refractivity contribution is 0.515. The fourth-order valence-corrected chi connectivity index (χ4v) is 1.78. The smallest absolute Gasteiger partial charge is 0.185 e. The van der Waals surface area contributed by atoms with Crippen LogP contribution in [0.15, 0.2) is 0 Å². The fraction of sp³-hybridized carbons (Fsp3) is 1.00. The molecule has 0 saturated carbocycles. The topological polar surface area (TPSA) is 20.2 Å². The zero-order valence-electron chi connectivity index (χ0n) is 6.94. The molecule has 0 aromatic rings. The Balaban J connectivity index is 3.59. The van der Waals surface area contributed by atoms with Gasteiger partial charge in [0.15, 0.2) is 8.32 Å². The average molecular weight is 146 g/mol. The van der Waals surface area contributed by atoms with Crippen LogP contribution in [-0.2, 0) is 0 Å². The molecule has 0 saturated heterocycles. The molecule has 56 valence electrons. The van der Waals surface area contributed by atoms with Crippen molar-refractivity contribution in [2.24, 2.45) is 0 Å². The van der Waals surface area contributed by atoms with Crippen LogP contribution in [0.5, 0.6) is 0 Å². The Morgan fingerprint density at radius 3 is 2.00 bits per heavy atom. The van der Waals surface area contributed by atoms with Crippen LogP contribution in [0, 0.1) is 0 Å². The Bertz CT molecular complexity index is 75.5. The molecule has 1 atom stereocenters. The molecule has 0 aliphatic rings. The molecule has 0 rings (SSSR count). The summed E-state index contributed by atoms with van der Waals surface area (Å²) >= 11 is 0. The van der Waals surface area contributed by atoms with Gasteiger partial charge in [-0.3, -0.25) is 0 Å². The summed E-state index contributed by atoms with van der Waals surface area (Å²) in [6.45, 7) is 8.33. The maximum Gasteiger partial charge on any atom is 0.185 e. The standard InChI is InChI=1S/C7H18OSi/c1-5-6-7(2)9(3,4)8/h7-8H,5-6H2,1-4H3. The van der Waals surface area contributed by atoms with Gasteiger partial charge < -0.3 is 4.80 Å². The summed E-state index contributed by atoms with van der Waals surface area (Å²) in [5, 5.41) is 0. The predicted molar refractivity (Wildman–Crippen MR) is 44.0 cm³/mol. The highest BCUT2D eigenvalue weighted by molar-refractivity contribution is 6.71. The van der Waals surface area contributed by atoms with Crippen molar-refractivity contribution >= 4 is 8.32 Å². The highest BCUT2D eigenvalue weighted by atomic mass is 28.4. The summed E-state index contributed by atoms with van der Waals surface area (Å²) in [7, 11) is -1.78. The average Bonchev–Trinajstić information content (AvgIpc) is 1.64. The molecule has 0 aromatic heterocycles. The molecular weight excluding hydrogens is 128 g/mol. The molecule has 0 heterocycles. The highest BCUT2D eigenvalue weighted by Gasteiger charge is 2.24. The zero-order valence-corrected chi connectivity index (χ0v) is 7.94. The van der Waals surface area contributed by atoms with E-state index in [1.54, 1.807) is 0 Å². The maximum absolute atomic E-state index is 9.56. The van der Waals surface area contributed by atoms with Gasteiger partial charge in [0.2, 0.25) is 0 Å². The molecule has 1 N–H and O–H groups in total. The minimum atomic E-state index is -1.78. The Morgan fingerprint density at radius 2 is 1.89 bits per heavy atom. The third-order valence-electron chi connectivity index (χ3n) is 1.93. The van der Waals surface area contributed by atoms with Gasteiger partial charge in [-0.2, -0.15) is 0 Å². The first-order valence-corrected chi connectivity index (χ1v) is 6.73. The summed E-state index contributed by atoms with van der Waals surface area (Å²) < 4.78 is 0. The van der Waals surface area contributed by atoms with Gasteiger partial charge in [-0.25, -0.2) is 0 Å². The van der Waals surface area contributed by atoms with E-state index >= 15 is 0 Å². The van der Waals surface area contributed by atoms with E-state index in [4.69, 9.17) is 0 Å². The van der Waals surface area contributed by atoms with Crippen molar-refractivity contribution in [3.05, 3.63) is 0 Å². The first kappa shape index (κ1) is 9.18. The Morgan fingerprint density at radius 1 is 1.44 bits per heavy atom. The van der Waals surface area contributed by atoms with Crippen molar-refractivity contribution < 1.29 is 4.80 Å². The van der Waals surface area contributed by atoms with Gasteiger partial charge >= 0.3 is 0 Å². The molecular formula is C7H18OSi. The normalized spacial score (nSPS) is 15.7. The molecule has 0 aliphatic carbocycles. The molecule has 9 heavy (non-hydrogen) atoms. The van der Waals surface area contributed by atoms with Crippen LogP contribution in [-0.4, -0.2) is 13.1 Å².